The lowest BCUT2D eigenvalue weighted by atomic mass is 10.1. The van der Waals surface area contributed by atoms with Crippen molar-refractivity contribution in [2.75, 3.05) is 22.1 Å². The van der Waals surface area contributed by atoms with Gasteiger partial charge in [-0.1, -0.05) is 42.5 Å². The Morgan fingerprint density at radius 2 is 1.58 bits per heavy atom. The summed E-state index contributed by atoms with van der Waals surface area (Å²) in [5.74, 6) is -0.260. The first kappa shape index (κ1) is 24.0. The van der Waals surface area contributed by atoms with E-state index in [2.05, 4.69) is 5.32 Å². The van der Waals surface area contributed by atoms with Crippen LogP contribution in [0, 0.1) is 0 Å². The Morgan fingerprint density at radius 3 is 2.33 bits per heavy atom. The average molecular weight is 517 g/mol. The number of nitrogens with one attached hydrogen (secondary N) is 1. The van der Waals surface area contributed by atoms with Gasteiger partial charge in [0, 0.05) is 33.0 Å². The van der Waals surface area contributed by atoms with Crippen molar-refractivity contribution in [3.63, 3.8) is 0 Å². The SMILES string of the molecule is CSc1ccccc1N(Cc1ccc(C(=O)Nc2ccc3c(c2)oc2ccccc23)cc1)S(C)(=O)=O. The summed E-state index contributed by atoms with van der Waals surface area (Å²) in [4.78, 5) is 13.7. The molecule has 6 nitrogen and oxygen atoms in total. The summed E-state index contributed by atoms with van der Waals surface area (Å²) in [7, 11) is -3.51. The Hall–Kier alpha value is -3.75. The van der Waals surface area contributed by atoms with E-state index in [-0.39, 0.29) is 12.5 Å². The van der Waals surface area contributed by atoms with Crippen molar-refractivity contribution in [2.45, 2.75) is 11.4 Å². The summed E-state index contributed by atoms with van der Waals surface area (Å²) in [5, 5.41) is 4.94. The number of sulfonamides is 1. The molecule has 0 aliphatic rings. The number of carbonyl (C=O) groups is 1. The first-order valence-corrected chi connectivity index (χ1v) is 14.3. The van der Waals surface area contributed by atoms with Crippen molar-refractivity contribution >= 4 is 61.0 Å². The van der Waals surface area contributed by atoms with Gasteiger partial charge in [-0.15, -0.1) is 11.8 Å². The van der Waals surface area contributed by atoms with E-state index in [4.69, 9.17) is 4.42 Å². The zero-order chi connectivity index (χ0) is 25.3. The number of thioether (sulfide) groups is 1. The van der Waals surface area contributed by atoms with Crippen molar-refractivity contribution in [3.8, 4) is 0 Å². The molecule has 4 aromatic carbocycles. The Bertz CT molecular complexity index is 1680. The summed E-state index contributed by atoms with van der Waals surface area (Å²) in [5.41, 5.74) is 4.02. The zero-order valence-corrected chi connectivity index (χ0v) is 21.4. The number of rotatable bonds is 7. The number of amides is 1. The van der Waals surface area contributed by atoms with E-state index in [9.17, 15) is 13.2 Å². The molecule has 1 N–H and O–H groups in total. The second kappa shape index (κ2) is 9.72. The van der Waals surface area contributed by atoms with E-state index in [1.807, 2.05) is 66.9 Å². The number of fused-ring (bicyclic) bond motifs is 3. The second-order valence-electron chi connectivity index (χ2n) is 8.40. The highest BCUT2D eigenvalue weighted by Gasteiger charge is 2.20. The number of para-hydroxylation sites is 2. The minimum absolute atomic E-state index is 0.168. The van der Waals surface area contributed by atoms with E-state index >= 15 is 0 Å². The van der Waals surface area contributed by atoms with Crippen LogP contribution in [0.2, 0.25) is 0 Å². The molecule has 8 heteroatoms. The summed E-state index contributed by atoms with van der Waals surface area (Å²) in [6.07, 6.45) is 3.11. The lowest BCUT2D eigenvalue weighted by Gasteiger charge is -2.24. The van der Waals surface area contributed by atoms with Crippen LogP contribution in [0.4, 0.5) is 11.4 Å². The lowest BCUT2D eigenvalue weighted by Crippen LogP contribution is -2.29. The van der Waals surface area contributed by atoms with Gasteiger partial charge in [-0.2, -0.15) is 0 Å². The van der Waals surface area contributed by atoms with Crippen LogP contribution >= 0.6 is 11.8 Å². The lowest BCUT2D eigenvalue weighted by molar-refractivity contribution is 0.102. The molecule has 1 aromatic heterocycles. The highest BCUT2D eigenvalue weighted by molar-refractivity contribution is 7.99. The molecule has 5 aromatic rings. The van der Waals surface area contributed by atoms with Gasteiger partial charge in [-0.05, 0) is 54.3 Å². The van der Waals surface area contributed by atoms with E-state index in [0.29, 0.717) is 22.5 Å². The van der Waals surface area contributed by atoms with Crippen molar-refractivity contribution in [1.29, 1.82) is 0 Å². The Morgan fingerprint density at radius 1 is 0.889 bits per heavy atom. The zero-order valence-electron chi connectivity index (χ0n) is 19.8. The molecule has 0 spiro atoms. The summed E-state index contributed by atoms with van der Waals surface area (Å²) in [6.45, 7) is 0.168. The first-order chi connectivity index (χ1) is 17.3. The Kier molecular flexibility index (Phi) is 6.47. The highest BCUT2D eigenvalue weighted by atomic mass is 32.2. The standard InChI is InChI=1S/C28H24N2O4S2/c1-35-27-10-6-4-8-24(27)30(36(2,32)33)18-19-11-13-20(14-12-19)28(31)29-21-15-16-23-22-7-3-5-9-25(22)34-26(23)17-21/h3-17H,18H2,1-2H3,(H,29,31). The molecule has 0 atom stereocenters. The Labute approximate surface area is 214 Å². The van der Waals surface area contributed by atoms with Crippen LogP contribution in [0.25, 0.3) is 21.9 Å². The molecule has 182 valence electrons. The molecule has 0 unspecified atom stereocenters. The summed E-state index contributed by atoms with van der Waals surface area (Å²) >= 11 is 1.49. The third-order valence-electron chi connectivity index (χ3n) is 5.93. The molecule has 0 bridgehead atoms. The topological polar surface area (TPSA) is 79.6 Å². The van der Waals surface area contributed by atoms with Crippen LogP contribution in [0.1, 0.15) is 15.9 Å². The van der Waals surface area contributed by atoms with Gasteiger partial charge >= 0.3 is 0 Å². The maximum atomic E-state index is 12.9. The summed E-state index contributed by atoms with van der Waals surface area (Å²) < 4.78 is 32.4. The van der Waals surface area contributed by atoms with Crippen molar-refractivity contribution in [3.05, 3.63) is 102 Å². The molecule has 1 amide bonds. The number of furan rings is 1. The van der Waals surface area contributed by atoms with Crippen LogP contribution in [-0.2, 0) is 16.6 Å². The van der Waals surface area contributed by atoms with E-state index in [1.165, 1.54) is 22.3 Å². The van der Waals surface area contributed by atoms with Gasteiger partial charge in [-0.25, -0.2) is 8.42 Å². The average Bonchev–Trinajstić information content (AvgIpc) is 3.24. The fraction of sp³-hybridized carbons (Fsp3) is 0.107. The van der Waals surface area contributed by atoms with Gasteiger partial charge in [0.15, 0.2) is 0 Å². The minimum Gasteiger partial charge on any atom is -0.456 e. The third kappa shape index (κ3) is 4.82. The number of nitrogens with zero attached hydrogens (tertiary/aromatic N) is 1. The van der Waals surface area contributed by atoms with Gasteiger partial charge in [0.2, 0.25) is 10.0 Å². The molecular formula is C28H24N2O4S2. The quantitative estimate of drug-likeness (QED) is 0.249. The van der Waals surface area contributed by atoms with E-state index in [1.54, 1.807) is 30.3 Å². The van der Waals surface area contributed by atoms with E-state index < -0.39 is 10.0 Å². The van der Waals surface area contributed by atoms with Crippen LogP contribution in [0.5, 0.6) is 0 Å². The molecule has 1 heterocycles. The van der Waals surface area contributed by atoms with Crippen LogP contribution in [0.3, 0.4) is 0 Å². The molecule has 0 fully saturated rings. The van der Waals surface area contributed by atoms with Crippen molar-refractivity contribution < 1.29 is 17.6 Å². The fourth-order valence-corrected chi connectivity index (χ4v) is 5.71. The van der Waals surface area contributed by atoms with Crippen LogP contribution in [0.15, 0.2) is 100 Å². The normalized spacial score (nSPS) is 11.6. The largest absolute Gasteiger partial charge is 0.456 e. The van der Waals surface area contributed by atoms with Gasteiger partial charge in [0.05, 0.1) is 18.5 Å². The van der Waals surface area contributed by atoms with Gasteiger partial charge < -0.3 is 9.73 Å². The fourth-order valence-electron chi connectivity index (χ4n) is 4.15. The van der Waals surface area contributed by atoms with Crippen molar-refractivity contribution in [2.24, 2.45) is 0 Å². The van der Waals surface area contributed by atoms with Crippen molar-refractivity contribution in [1.82, 2.24) is 0 Å². The van der Waals surface area contributed by atoms with Gasteiger partial charge in [0.1, 0.15) is 11.2 Å². The molecule has 0 saturated carbocycles. The molecule has 0 aliphatic heterocycles. The Balaban J connectivity index is 1.34. The number of benzene rings is 4. The summed E-state index contributed by atoms with van der Waals surface area (Å²) in [6, 6.07) is 27.8. The third-order valence-corrected chi connectivity index (χ3v) is 7.84. The maximum Gasteiger partial charge on any atom is 0.255 e. The highest BCUT2D eigenvalue weighted by Crippen LogP contribution is 2.32. The minimum atomic E-state index is -3.51. The smallest absolute Gasteiger partial charge is 0.255 e. The van der Waals surface area contributed by atoms with E-state index in [0.717, 1.165) is 26.8 Å². The van der Waals surface area contributed by atoms with Crippen LogP contribution < -0.4 is 9.62 Å². The monoisotopic (exact) mass is 516 g/mol. The molecule has 36 heavy (non-hydrogen) atoms. The van der Waals surface area contributed by atoms with Gasteiger partial charge in [0.25, 0.3) is 5.91 Å². The molecule has 0 radical (unpaired) electrons. The predicted octanol–water partition coefficient (Wildman–Crippen LogP) is 6.53. The van der Waals surface area contributed by atoms with Crippen LogP contribution in [-0.4, -0.2) is 26.8 Å². The number of hydrogen-bond donors (Lipinski definition) is 1. The molecular weight excluding hydrogens is 492 g/mol. The maximum absolute atomic E-state index is 12.9. The number of anilines is 2. The molecule has 0 aliphatic carbocycles. The first-order valence-electron chi connectivity index (χ1n) is 11.3. The predicted molar refractivity (Wildman–Crippen MR) is 147 cm³/mol. The second-order valence-corrected chi connectivity index (χ2v) is 11.2. The number of carbonyl (C=O) groups excluding carboxylic acids is 1. The number of hydrogen-bond acceptors (Lipinski definition) is 5. The van der Waals surface area contributed by atoms with Gasteiger partial charge in [-0.3, -0.25) is 9.10 Å². The molecule has 0 saturated heterocycles. The molecule has 5 rings (SSSR count).